The molecule has 0 rings (SSSR count). The number of likely N-dealkylation sites (N-methyl/N-ethyl adjacent to an activating group) is 1. The SMILES string of the molecule is CCCNC(C)(CO)CC(C)N(CCC)CCN(C)C. The quantitative estimate of drug-likeness (QED) is 0.574. The Hall–Kier alpha value is -0.160. The molecule has 2 N–H and O–H groups in total. The molecule has 0 aromatic carbocycles. The van der Waals surface area contributed by atoms with Crippen LogP contribution in [0.25, 0.3) is 0 Å². The van der Waals surface area contributed by atoms with Gasteiger partial charge in [-0.1, -0.05) is 13.8 Å². The van der Waals surface area contributed by atoms with Gasteiger partial charge in [0.2, 0.25) is 0 Å². The van der Waals surface area contributed by atoms with Crippen molar-refractivity contribution in [3.63, 3.8) is 0 Å². The summed E-state index contributed by atoms with van der Waals surface area (Å²) in [5, 5.41) is 13.2. The van der Waals surface area contributed by atoms with Gasteiger partial charge < -0.3 is 15.3 Å². The summed E-state index contributed by atoms with van der Waals surface area (Å²) >= 11 is 0. The molecule has 122 valence electrons. The Bertz CT molecular complexity index is 236. The number of nitrogens with zero attached hydrogens (tertiary/aromatic N) is 2. The first-order chi connectivity index (χ1) is 9.38. The van der Waals surface area contributed by atoms with Gasteiger partial charge in [0.1, 0.15) is 0 Å². The van der Waals surface area contributed by atoms with Crippen LogP contribution in [0.3, 0.4) is 0 Å². The number of rotatable bonds is 12. The van der Waals surface area contributed by atoms with Crippen molar-refractivity contribution in [2.45, 2.75) is 58.5 Å². The second-order valence-electron chi connectivity index (χ2n) is 6.54. The van der Waals surface area contributed by atoms with E-state index in [2.05, 4.69) is 56.9 Å². The molecule has 0 fully saturated rings. The minimum atomic E-state index is -0.167. The first-order valence-corrected chi connectivity index (χ1v) is 8.13. The van der Waals surface area contributed by atoms with E-state index in [-0.39, 0.29) is 12.1 Å². The Morgan fingerprint density at radius 1 is 1.10 bits per heavy atom. The van der Waals surface area contributed by atoms with E-state index >= 15 is 0 Å². The Morgan fingerprint density at radius 2 is 1.75 bits per heavy atom. The van der Waals surface area contributed by atoms with Crippen LogP contribution in [0.4, 0.5) is 0 Å². The molecule has 2 atom stereocenters. The van der Waals surface area contributed by atoms with Crippen molar-refractivity contribution < 1.29 is 5.11 Å². The Kier molecular flexibility index (Phi) is 10.5. The van der Waals surface area contributed by atoms with Gasteiger partial charge in [0.15, 0.2) is 0 Å². The Labute approximate surface area is 126 Å². The molecule has 0 aromatic heterocycles. The highest BCUT2D eigenvalue weighted by Gasteiger charge is 2.27. The van der Waals surface area contributed by atoms with Crippen LogP contribution >= 0.6 is 0 Å². The predicted molar refractivity (Wildman–Crippen MR) is 88.3 cm³/mol. The van der Waals surface area contributed by atoms with Gasteiger partial charge in [0.05, 0.1) is 6.61 Å². The van der Waals surface area contributed by atoms with Crippen molar-refractivity contribution in [3.05, 3.63) is 0 Å². The molecule has 0 saturated heterocycles. The number of hydrogen-bond acceptors (Lipinski definition) is 4. The maximum Gasteiger partial charge on any atom is 0.0611 e. The van der Waals surface area contributed by atoms with Gasteiger partial charge in [0.25, 0.3) is 0 Å². The lowest BCUT2D eigenvalue weighted by Crippen LogP contribution is -2.51. The average Bonchev–Trinajstić information content (AvgIpc) is 2.40. The zero-order chi connectivity index (χ0) is 15.6. The molecule has 0 heterocycles. The minimum Gasteiger partial charge on any atom is -0.394 e. The number of nitrogens with one attached hydrogen (secondary N) is 1. The van der Waals surface area contributed by atoms with Gasteiger partial charge in [-0.25, -0.2) is 0 Å². The molecular weight excluding hydrogens is 250 g/mol. The van der Waals surface area contributed by atoms with E-state index in [4.69, 9.17) is 0 Å². The summed E-state index contributed by atoms with van der Waals surface area (Å²) in [6.45, 7) is 13.3. The van der Waals surface area contributed by atoms with Crippen molar-refractivity contribution >= 4 is 0 Å². The molecule has 20 heavy (non-hydrogen) atoms. The molecule has 0 aliphatic carbocycles. The zero-order valence-electron chi connectivity index (χ0n) is 14.6. The fourth-order valence-corrected chi connectivity index (χ4v) is 2.57. The highest BCUT2D eigenvalue weighted by molar-refractivity contribution is 4.87. The lowest BCUT2D eigenvalue weighted by atomic mass is 9.93. The van der Waals surface area contributed by atoms with E-state index in [0.717, 1.165) is 39.0 Å². The molecule has 2 unspecified atom stereocenters. The van der Waals surface area contributed by atoms with Crippen LogP contribution in [0.1, 0.15) is 47.0 Å². The van der Waals surface area contributed by atoms with Crippen LogP contribution in [0.15, 0.2) is 0 Å². The fraction of sp³-hybridized carbons (Fsp3) is 1.00. The molecule has 4 nitrogen and oxygen atoms in total. The molecule has 0 aliphatic rings. The van der Waals surface area contributed by atoms with Crippen LogP contribution in [-0.2, 0) is 0 Å². The molecule has 0 radical (unpaired) electrons. The lowest BCUT2D eigenvalue weighted by Gasteiger charge is -2.37. The van der Waals surface area contributed by atoms with E-state index in [1.807, 2.05) is 0 Å². The first kappa shape index (κ1) is 19.8. The van der Waals surface area contributed by atoms with Gasteiger partial charge in [-0.15, -0.1) is 0 Å². The van der Waals surface area contributed by atoms with Crippen molar-refractivity contribution in [1.82, 2.24) is 15.1 Å². The van der Waals surface area contributed by atoms with Gasteiger partial charge >= 0.3 is 0 Å². The number of aliphatic hydroxyl groups excluding tert-OH is 1. The zero-order valence-corrected chi connectivity index (χ0v) is 14.6. The predicted octanol–water partition coefficient (Wildman–Crippen LogP) is 1.79. The summed E-state index contributed by atoms with van der Waals surface area (Å²) in [5.41, 5.74) is -0.167. The van der Waals surface area contributed by atoms with Crippen LogP contribution in [-0.4, -0.2) is 73.4 Å². The van der Waals surface area contributed by atoms with Crippen molar-refractivity contribution in [1.29, 1.82) is 0 Å². The van der Waals surface area contributed by atoms with E-state index in [1.165, 1.54) is 6.42 Å². The van der Waals surface area contributed by atoms with Crippen LogP contribution in [0.2, 0.25) is 0 Å². The summed E-state index contributed by atoms with van der Waals surface area (Å²) in [7, 11) is 4.24. The maximum atomic E-state index is 9.70. The Morgan fingerprint density at radius 3 is 2.20 bits per heavy atom. The van der Waals surface area contributed by atoms with Gasteiger partial charge in [-0.2, -0.15) is 0 Å². The van der Waals surface area contributed by atoms with Crippen molar-refractivity contribution in [2.75, 3.05) is 46.9 Å². The van der Waals surface area contributed by atoms with Gasteiger partial charge in [-0.05, 0) is 60.3 Å². The molecule has 0 aliphatic heterocycles. The summed E-state index contributed by atoms with van der Waals surface area (Å²) in [5.74, 6) is 0. The average molecular weight is 287 g/mol. The van der Waals surface area contributed by atoms with Crippen molar-refractivity contribution in [3.8, 4) is 0 Å². The highest BCUT2D eigenvalue weighted by Crippen LogP contribution is 2.16. The largest absolute Gasteiger partial charge is 0.394 e. The summed E-state index contributed by atoms with van der Waals surface area (Å²) in [4.78, 5) is 4.78. The third-order valence-electron chi connectivity index (χ3n) is 3.87. The molecule has 0 bridgehead atoms. The van der Waals surface area contributed by atoms with Gasteiger partial charge in [0, 0.05) is 24.7 Å². The van der Waals surface area contributed by atoms with Crippen LogP contribution in [0.5, 0.6) is 0 Å². The van der Waals surface area contributed by atoms with Crippen LogP contribution < -0.4 is 5.32 Å². The van der Waals surface area contributed by atoms with E-state index < -0.39 is 0 Å². The lowest BCUT2D eigenvalue weighted by molar-refractivity contribution is 0.110. The van der Waals surface area contributed by atoms with Crippen LogP contribution in [0, 0.1) is 0 Å². The summed E-state index contributed by atoms with van der Waals surface area (Å²) in [6, 6.07) is 0.483. The molecule has 0 aromatic rings. The number of hydrogen-bond donors (Lipinski definition) is 2. The monoisotopic (exact) mass is 287 g/mol. The van der Waals surface area contributed by atoms with Crippen molar-refractivity contribution in [2.24, 2.45) is 0 Å². The standard InChI is InChI=1S/C16H37N3O/c1-7-9-17-16(4,14-20)13-15(3)19(10-8-2)12-11-18(5)6/h15,17,20H,7-14H2,1-6H3. The smallest absolute Gasteiger partial charge is 0.0611 e. The topological polar surface area (TPSA) is 38.7 Å². The second-order valence-corrected chi connectivity index (χ2v) is 6.54. The summed E-state index contributed by atoms with van der Waals surface area (Å²) < 4.78 is 0. The second kappa shape index (κ2) is 10.6. The molecule has 0 saturated carbocycles. The molecular formula is C16H37N3O. The first-order valence-electron chi connectivity index (χ1n) is 8.13. The van der Waals surface area contributed by atoms with E-state index in [9.17, 15) is 5.11 Å². The maximum absolute atomic E-state index is 9.70. The van der Waals surface area contributed by atoms with Gasteiger partial charge in [-0.3, -0.25) is 4.90 Å². The fourth-order valence-electron chi connectivity index (χ4n) is 2.57. The normalized spacial score (nSPS) is 16.6. The van der Waals surface area contributed by atoms with E-state index in [1.54, 1.807) is 0 Å². The van der Waals surface area contributed by atoms with E-state index in [0.29, 0.717) is 6.04 Å². The molecule has 4 heteroatoms. The highest BCUT2D eigenvalue weighted by atomic mass is 16.3. The number of aliphatic hydroxyl groups is 1. The minimum absolute atomic E-state index is 0.167. The molecule has 0 spiro atoms. The third kappa shape index (κ3) is 8.20. The summed E-state index contributed by atoms with van der Waals surface area (Å²) in [6.07, 6.45) is 3.26. The Balaban J connectivity index is 4.49. The third-order valence-corrected chi connectivity index (χ3v) is 3.87. The molecule has 0 amide bonds.